The van der Waals surface area contributed by atoms with Gasteiger partial charge in [0.05, 0.1) is 5.69 Å². The zero-order valence-corrected chi connectivity index (χ0v) is 8.12. The Morgan fingerprint density at radius 3 is 2.86 bits per heavy atom. The quantitative estimate of drug-likeness (QED) is 0.624. The van der Waals surface area contributed by atoms with E-state index in [-0.39, 0.29) is 5.41 Å². The van der Waals surface area contributed by atoms with E-state index >= 15 is 0 Å². The Labute approximate surface area is 83.4 Å². The summed E-state index contributed by atoms with van der Waals surface area (Å²) in [4.78, 5) is 16.5. The van der Waals surface area contributed by atoms with Crippen LogP contribution in [0.3, 0.4) is 0 Å². The van der Waals surface area contributed by atoms with Crippen molar-refractivity contribution in [2.75, 3.05) is 0 Å². The Bertz CT molecular complexity index is 393. The van der Waals surface area contributed by atoms with Crippen molar-refractivity contribution < 1.29 is 4.79 Å². The molecule has 0 bridgehead atoms. The van der Waals surface area contributed by atoms with Crippen LogP contribution in [-0.2, 0) is 6.42 Å². The molecule has 0 saturated heterocycles. The van der Waals surface area contributed by atoms with Gasteiger partial charge < -0.3 is 0 Å². The number of rotatable bonds is 0. The highest BCUT2D eigenvalue weighted by Gasteiger charge is 2.46. The number of hydrogen-bond acceptors (Lipinski definition) is 2. The minimum atomic E-state index is 0.0238. The molecule has 1 aromatic rings. The van der Waals surface area contributed by atoms with Crippen LogP contribution in [0.5, 0.6) is 0 Å². The van der Waals surface area contributed by atoms with Gasteiger partial charge in [-0.15, -0.1) is 0 Å². The summed E-state index contributed by atoms with van der Waals surface area (Å²) in [5, 5.41) is 0. The molecule has 2 aliphatic carbocycles. The molecule has 0 radical (unpaired) electrons. The predicted octanol–water partition coefficient (Wildman–Crippen LogP) is 2.38. The van der Waals surface area contributed by atoms with Crippen LogP contribution in [-0.4, -0.2) is 10.8 Å². The topological polar surface area (TPSA) is 30.0 Å². The first-order valence-corrected chi connectivity index (χ1v) is 5.31. The number of fused-ring (bicyclic) bond motifs is 1. The van der Waals surface area contributed by atoms with Crippen LogP contribution in [0.4, 0.5) is 0 Å². The highest BCUT2D eigenvalue weighted by atomic mass is 16.1. The molecule has 0 aromatic carbocycles. The zero-order chi connectivity index (χ0) is 9.60. The van der Waals surface area contributed by atoms with Crippen molar-refractivity contribution in [2.45, 2.75) is 32.1 Å². The first-order chi connectivity index (χ1) is 6.82. The molecule has 0 unspecified atom stereocenters. The number of aromatic nitrogens is 1. The van der Waals surface area contributed by atoms with Gasteiger partial charge >= 0.3 is 0 Å². The summed E-state index contributed by atoms with van der Waals surface area (Å²) < 4.78 is 0. The standard InChI is InChI=1S/C12H13NO/c14-11-9-3-1-8-13-10(9)4-7-12(11)5-2-6-12/h1,3,8H,2,4-7H2. The van der Waals surface area contributed by atoms with E-state index in [9.17, 15) is 4.79 Å². The van der Waals surface area contributed by atoms with E-state index in [1.807, 2.05) is 12.1 Å². The van der Waals surface area contributed by atoms with Crippen molar-refractivity contribution in [2.24, 2.45) is 5.41 Å². The number of pyridine rings is 1. The number of carbonyl (C=O) groups is 1. The number of nitrogens with zero attached hydrogens (tertiary/aromatic N) is 1. The van der Waals surface area contributed by atoms with Crippen LogP contribution < -0.4 is 0 Å². The molecule has 0 amide bonds. The lowest BCUT2D eigenvalue weighted by molar-refractivity contribution is 0.0552. The SMILES string of the molecule is O=C1c2cccnc2CCC12CCC2. The normalized spacial score (nSPS) is 23.0. The maximum absolute atomic E-state index is 12.2. The highest BCUT2D eigenvalue weighted by Crippen LogP contribution is 2.49. The Kier molecular flexibility index (Phi) is 1.55. The monoisotopic (exact) mass is 187 g/mol. The Morgan fingerprint density at radius 1 is 1.29 bits per heavy atom. The highest BCUT2D eigenvalue weighted by molar-refractivity contribution is 6.02. The lowest BCUT2D eigenvalue weighted by Crippen LogP contribution is -2.41. The lowest BCUT2D eigenvalue weighted by atomic mass is 9.59. The van der Waals surface area contributed by atoms with E-state index in [0.717, 1.165) is 36.9 Å². The number of Topliss-reactive ketones (excluding diaryl/α,β-unsaturated/α-hetero) is 1. The molecule has 2 heteroatoms. The summed E-state index contributed by atoms with van der Waals surface area (Å²) in [6.45, 7) is 0. The minimum Gasteiger partial charge on any atom is -0.293 e. The van der Waals surface area contributed by atoms with Gasteiger partial charge in [-0.3, -0.25) is 9.78 Å². The van der Waals surface area contributed by atoms with Gasteiger partial charge in [0.1, 0.15) is 0 Å². The predicted molar refractivity (Wildman–Crippen MR) is 53.2 cm³/mol. The fourth-order valence-electron chi connectivity index (χ4n) is 2.68. The number of ketones is 1. The van der Waals surface area contributed by atoms with Gasteiger partial charge in [0.25, 0.3) is 0 Å². The van der Waals surface area contributed by atoms with Gasteiger partial charge in [-0.25, -0.2) is 0 Å². The second-order valence-electron chi connectivity index (χ2n) is 4.46. The van der Waals surface area contributed by atoms with E-state index in [0.29, 0.717) is 5.78 Å². The summed E-state index contributed by atoms with van der Waals surface area (Å²) in [6, 6.07) is 3.80. The van der Waals surface area contributed by atoms with Gasteiger partial charge in [-0.1, -0.05) is 6.42 Å². The first kappa shape index (κ1) is 8.16. The maximum atomic E-state index is 12.2. The Hall–Kier alpha value is -1.18. The molecule has 3 rings (SSSR count). The fraction of sp³-hybridized carbons (Fsp3) is 0.500. The molecule has 1 heterocycles. The van der Waals surface area contributed by atoms with Crippen LogP contribution in [0.25, 0.3) is 0 Å². The average molecular weight is 187 g/mol. The molecule has 1 fully saturated rings. The molecular formula is C12H13NO. The summed E-state index contributed by atoms with van der Waals surface area (Å²) in [7, 11) is 0. The number of aryl methyl sites for hydroxylation is 1. The molecule has 2 nitrogen and oxygen atoms in total. The van der Waals surface area contributed by atoms with Gasteiger partial charge in [-0.05, 0) is 37.8 Å². The third kappa shape index (κ3) is 0.912. The Morgan fingerprint density at radius 2 is 2.14 bits per heavy atom. The molecule has 1 spiro atoms. The average Bonchev–Trinajstić information content (AvgIpc) is 2.16. The van der Waals surface area contributed by atoms with E-state index in [4.69, 9.17) is 0 Å². The van der Waals surface area contributed by atoms with Crippen molar-refractivity contribution in [3.8, 4) is 0 Å². The second kappa shape index (κ2) is 2.66. The van der Waals surface area contributed by atoms with E-state index in [1.165, 1.54) is 6.42 Å². The van der Waals surface area contributed by atoms with Crippen molar-refractivity contribution in [1.29, 1.82) is 0 Å². The number of carbonyl (C=O) groups excluding carboxylic acids is 1. The molecule has 0 atom stereocenters. The van der Waals surface area contributed by atoms with Crippen LogP contribution in [0.1, 0.15) is 41.7 Å². The Balaban J connectivity index is 2.07. The summed E-state index contributed by atoms with van der Waals surface area (Å²) in [5.41, 5.74) is 1.92. The third-order valence-corrected chi connectivity index (χ3v) is 3.77. The summed E-state index contributed by atoms with van der Waals surface area (Å²) in [5.74, 6) is 0.359. The van der Waals surface area contributed by atoms with Crippen molar-refractivity contribution >= 4 is 5.78 Å². The maximum Gasteiger partial charge on any atom is 0.170 e. The summed E-state index contributed by atoms with van der Waals surface area (Å²) >= 11 is 0. The number of hydrogen-bond donors (Lipinski definition) is 0. The fourth-order valence-corrected chi connectivity index (χ4v) is 2.68. The molecule has 1 aromatic heterocycles. The van der Waals surface area contributed by atoms with Crippen molar-refractivity contribution in [3.05, 3.63) is 29.6 Å². The van der Waals surface area contributed by atoms with Gasteiger partial charge in [0, 0.05) is 17.2 Å². The molecule has 0 aliphatic heterocycles. The molecular weight excluding hydrogens is 174 g/mol. The molecule has 0 N–H and O–H groups in total. The molecule has 2 aliphatic rings. The van der Waals surface area contributed by atoms with Crippen molar-refractivity contribution in [1.82, 2.24) is 4.98 Å². The molecule has 14 heavy (non-hydrogen) atoms. The zero-order valence-electron chi connectivity index (χ0n) is 8.12. The summed E-state index contributed by atoms with van der Waals surface area (Å²) in [6.07, 6.45) is 7.21. The van der Waals surface area contributed by atoms with Crippen LogP contribution in [0.15, 0.2) is 18.3 Å². The first-order valence-electron chi connectivity index (χ1n) is 5.31. The van der Waals surface area contributed by atoms with Crippen LogP contribution >= 0.6 is 0 Å². The van der Waals surface area contributed by atoms with E-state index in [1.54, 1.807) is 6.20 Å². The minimum absolute atomic E-state index is 0.0238. The van der Waals surface area contributed by atoms with Gasteiger partial charge in [0.2, 0.25) is 0 Å². The molecule has 72 valence electrons. The smallest absolute Gasteiger partial charge is 0.170 e. The van der Waals surface area contributed by atoms with Crippen LogP contribution in [0, 0.1) is 5.41 Å². The largest absolute Gasteiger partial charge is 0.293 e. The third-order valence-electron chi connectivity index (χ3n) is 3.77. The van der Waals surface area contributed by atoms with Gasteiger partial charge in [0.15, 0.2) is 5.78 Å². The van der Waals surface area contributed by atoms with Crippen molar-refractivity contribution in [3.63, 3.8) is 0 Å². The lowest BCUT2D eigenvalue weighted by Gasteiger charge is -2.43. The van der Waals surface area contributed by atoms with Gasteiger partial charge in [-0.2, -0.15) is 0 Å². The van der Waals surface area contributed by atoms with Crippen LogP contribution in [0.2, 0.25) is 0 Å². The molecule has 1 saturated carbocycles. The second-order valence-corrected chi connectivity index (χ2v) is 4.46. The van der Waals surface area contributed by atoms with E-state index in [2.05, 4.69) is 4.98 Å². The van der Waals surface area contributed by atoms with E-state index < -0.39 is 0 Å².